The van der Waals surface area contributed by atoms with E-state index in [9.17, 15) is 9.59 Å². The van der Waals surface area contributed by atoms with Crippen molar-refractivity contribution in [3.63, 3.8) is 0 Å². The first kappa shape index (κ1) is 41.3. The predicted molar refractivity (Wildman–Crippen MR) is 166 cm³/mol. The van der Waals surface area contributed by atoms with Crippen molar-refractivity contribution in [1.29, 1.82) is 0 Å². The van der Waals surface area contributed by atoms with Crippen molar-refractivity contribution in [3.05, 3.63) is 0 Å². The average molecular weight is 590 g/mol. The van der Waals surface area contributed by atoms with Crippen molar-refractivity contribution in [3.8, 4) is 0 Å². The Kier molecular flexibility index (Phi) is 30.7. The third kappa shape index (κ3) is 31.7. The van der Waals surface area contributed by atoms with E-state index in [0.717, 1.165) is 25.7 Å². The fourth-order valence-corrected chi connectivity index (χ4v) is 5.10. The Hall–Kier alpha value is -0.810. The average Bonchev–Trinajstić information content (AvgIpc) is 2.88. The highest BCUT2D eigenvalue weighted by atomic mass is 35.5. The van der Waals surface area contributed by atoms with Crippen molar-refractivity contribution in [2.75, 3.05) is 34.3 Å². The zero-order valence-electron chi connectivity index (χ0n) is 27.4. The van der Waals surface area contributed by atoms with Crippen LogP contribution in [0.25, 0.3) is 0 Å². The maximum Gasteiger partial charge on any atom is 0.306 e. The molecule has 0 saturated heterocycles. The summed E-state index contributed by atoms with van der Waals surface area (Å²) in [5.74, 6) is -0.329. The quantitative estimate of drug-likeness (QED) is 0.0563. The molecule has 0 amide bonds. The number of hydrogen-bond acceptors (Lipinski definition) is 4. The number of hydrogen-bond donors (Lipinski definition) is 0. The van der Waals surface area contributed by atoms with Gasteiger partial charge in [-0.15, -0.1) is 0 Å². The fourth-order valence-electron chi connectivity index (χ4n) is 5.10. The molecule has 0 saturated carbocycles. The van der Waals surface area contributed by atoms with E-state index in [2.05, 4.69) is 35.0 Å². The van der Waals surface area contributed by atoms with Gasteiger partial charge >= 0.3 is 11.9 Å². The van der Waals surface area contributed by atoms with Gasteiger partial charge in [0, 0.05) is 12.8 Å². The van der Waals surface area contributed by atoms with Crippen LogP contribution in [0.3, 0.4) is 0 Å². The molecule has 240 valence electrons. The van der Waals surface area contributed by atoms with Crippen LogP contribution in [0.15, 0.2) is 0 Å². The van der Waals surface area contributed by atoms with Gasteiger partial charge in [-0.05, 0) is 12.8 Å². The molecule has 0 spiro atoms. The third-order valence-electron chi connectivity index (χ3n) is 7.45. The van der Waals surface area contributed by atoms with Crippen LogP contribution in [-0.4, -0.2) is 56.8 Å². The number of carbonyl (C=O) groups excluding carboxylic acids is 2. The molecule has 6 heteroatoms. The normalized spacial score (nSPS) is 12.1. The molecule has 0 rings (SSSR count). The minimum atomic E-state index is -0.383. The minimum Gasteiger partial charge on any atom is -1.00 e. The second-order valence-corrected chi connectivity index (χ2v) is 12.8. The summed E-state index contributed by atoms with van der Waals surface area (Å²) in [6.07, 6.45) is 28.3. The van der Waals surface area contributed by atoms with Crippen molar-refractivity contribution in [2.24, 2.45) is 0 Å². The number of nitrogens with zero attached hydrogens (tertiary/aromatic N) is 1. The first-order valence-electron chi connectivity index (χ1n) is 16.9. The van der Waals surface area contributed by atoms with E-state index < -0.39 is 0 Å². The number of esters is 2. The van der Waals surface area contributed by atoms with Crippen molar-refractivity contribution in [2.45, 2.75) is 174 Å². The van der Waals surface area contributed by atoms with Gasteiger partial charge in [-0.25, -0.2) is 0 Å². The van der Waals surface area contributed by atoms with Gasteiger partial charge in [0.15, 0.2) is 6.10 Å². The lowest BCUT2D eigenvalue weighted by Crippen LogP contribution is -3.00. The van der Waals surface area contributed by atoms with Crippen LogP contribution in [0.4, 0.5) is 0 Å². The largest absolute Gasteiger partial charge is 1.00 e. The maximum atomic E-state index is 12.5. The number of unbranched alkanes of at least 4 members (excludes halogenated alkanes) is 20. The Labute approximate surface area is 255 Å². The van der Waals surface area contributed by atoms with Crippen LogP contribution in [0.2, 0.25) is 0 Å². The molecule has 0 aromatic heterocycles. The Morgan fingerprint density at radius 2 is 0.850 bits per heavy atom. The number of rotatable bonds is 29. The Morgan fingerprint density at radius 3 is 1.20 bits per heavy atom. The van der Waals surface area contributed by atoms with E-state index in [0.29, 0.717) is 23.9 Å². The highest BCUT2D eigenvalue weighted by Gasteiger charge is 2.23. The summed E-state index contributed by atoms with van der Waals surface area (Å²) in [6.45, 7) is 5.32. The summed E-state index contributed by atoms with van der Waals surface area (Å²) >= 11 is 0. The first-order valence-corrected chi connectivity index (χ1v) is 16.9. The molecule has 0 aromatic rings. The topological polar surface area (TPSA) is 52.6 Å². The Balaban J connectivity index is 0. The molecule has 0 N–H and O–H groups in total. The van der Waals surface area contributed by atoms with E-state index in [-0.39, 0.29) is 37.1 Å². The zero-order chi connectivity index (χ0) is 29.0. The summed E-state index contributed by atoms with van der Waals surface area (Å²) in [7, 11) is 6.20. The molecule has 0 heterocycles. The van der Waals surface area contributed by atoms with E-state index in [4.69, 9.17) is 9.47 Å². The molecule has 40 heavy (non-hydrogen) atoms. The molecule has 0 aliphatic heterocycles. The molecule has 1 atom stereocenters. The van der Waals surface area contributed by atoms with Crippen molar-refractivity contribution >= 4 is 11.9 Å². The van der Waals surface area contributed by atoms with Gasteiger partial charge in [0.2, 0.25) is 0 Å². The highest BCUT2D eigenvalue weighted by Crippen LogP contribution is 2.14. The van der Waals surface area contributed by atoms with Crippen molar-refractivity contribution < 1.29 is 36.0 Å². The van der Waals surface area contributed by atoms with Crippen LogP contribution in [0.5, 0.6) is 0 Å². The second kappa shape index (κ2) is 29.7. The summed E-state index contributed by atoms with van der Waals surface area (Å²) in [4.78, 5) is 24.7. The van der Waals surface area contributed by atoms with Gasteiger partial charge < -0.3 is 26.4 Å². The van der Waals surface area contributed by atoms with Gasteiger partial charge in [-0.3, -0.25) is 9.59 Å². The number of carbonyl (C=O) groups is 2. The fraction of sp³-hybridized carbons (Fsp3) is 0.941. The monoisotopic (exact) mass is 589 g/mol. The van der Waals surface area contributed by atoms with Crippen LogP contribution in [0.1, 0.15) is 168 Å². The molecule has 5 nitrogen and oxygen atoms in total. The molecular weight excluding hydrogens is 522 g/mol. The minimum absolute atomic E-state index is 0. The van der Waals surface area contributed by atoms with E-state index >= 15 is 0 Å². The second-order valence-electron chi connectivity index (χ2n) is 12.8. The number of ether oxygens (including phenoxy) is 2. The zero-order valence-corrected chi connectivity index (χ0v) is 28.2. The molecule has 0 aliphatic carbocycles. The smallest absolute Gasteiger partial charge is 0.306 e. The standard InChI is InChI=1S/C34H68NO4.ClH/c1-6-8-10-12-14-16-18-20-22-24-26-28-33(36)38-31-32(30-35(3,4)5)39-34(37)29-27-25-23-21-19-17-15-13-11-9-7-2;/h32H,6-31H2,1-5H3;1H/q+1;/p-1. The molecule has 0 aliphatic rings. The molecular formula is C34H68ClNO4. The molecule has 0 fully saturated rings. The Morgan fingerprint density at radius 1 is 0.525 bits per heavy atom. The van der Waals surface area contributed by atoms with Crippen LogP contribution in [-0.2, 0) is 19.1 Å². The van der Waals surface area contributed by atoms with Gasteiger partial charge in [-0.1, -0.05) is 142 Å². The van der Waals surface area contributed by atoms with E-state index in [1.165, 1.54) is 116 Å². The molecule has 0 radical (unpaired) electrons. The summed E-state index contributed by atoms with van der Waals surface area (Å²) in [5.41, 5.74) is 0. The van der Waals surface area contributed by atoms with Crippen molar-refractivity contribution in [1.82, 2.24) is 0 Å². The van der Waals surface area contributed by atoms with Crippen LogP contribution in [0, 0.1) is 0 Å². The van der Waals surface area contributed by atoms with Gasteiger partial charge in [0.05, 0.1) is 21.1 Å². The number of halogens is 1. The number of likely N-dealkylation sites (N-methyl/N-ethyl adjacent to an activating group) is 1. The van der Waals surface area contributed by atoms with Gasteiger partial charge in [0.1, 0.15) is 13.2 Å². The first-order chi connectivity index (χ1) is 18.8. The molecule has 0 aromatic carbocycles. The third-order valence-corrected chi connectivity index (χ3v) is 7.45. The predicted octanol–water partition coefficient (Wildman–Crippen LogP) is 6.55. The summed E-state index contributed by atoms with van der Waals surface area (Å²) in [5, 5.41) is 0. The van der Waals surface area contributed by atoms with Crippen LogP contribution >= 0.6 is 0 Å². The lowest BCUT2D eigenvalue weighted by Gasteiger charge is -2.28. The summed E-state index contributed by atoms with van der Waals surface area (Å²) in [6, 6.07) is 0. The number of quaternary nitrogens is 1. The lowest BCUT2D eigenvalue weighted by molar-refractivity contribution is -0.873. The maximum absolute atomic E-state index is 12.5. The van der Waals surface area contributed by atoms with Gasteiger partial charge in [-0.2, -0.15) is 0 Å². The van der Waals surface area contributed by atoms with Crippen LogP contribution < -0.4 is 12.4 Å². The van der Waals surface area contributed by atoms with E-state index in [1.807, 2.05) is 0 Å². The molecule has 1 unspecified atom stereocenters. The molecule has 0 bridgehead atoms. The highest BCUT2D eigenvalue weighted by molar-refractivity contribution is 5.70. The Bertz CT molecular complexity index is 565. The summed E-state index contributed by atoms with van der Waals surface area (Å²) < 4.78 is 11.9. The lowest BCUT2D eigenvalue weighted by atomic mass is 10.1. The SMILES string of the molecule is CCCCCCCCCCCCCC(=O)OCC(C[N+](C)(C)C)OC(=O)CCCCCCCCCCCCC.[Cl-]. The van der Waals surface area contributed by atoms with E-state index in [1.54, 1.807) is 0 Å². The van der Waals surface area contributed by atoms with Gasteiger partial charge in [0.25, 0.3) is 0 Å².